The molecule has 0 aliphatic rings. The number of benzene rings is 3. The molecule has 0 heterocycles. The highest BCUT2D eigenvalue weighted by molar-refractivity contribution is 9.10. The highest BCUT2D eigenvalue weighted by Crippen LogP contribution is 2.29. The molecule has 31 heavy (non-hydrogen) atoms. The summed E-state index contributed by atoms with van der Waals surface area (Å²) >= 11 is 3.28. The van der Waals surface area contributed by atoms with Gasteiger partial charge in [0.25, 0.3) is 5.91 Å². The first kappa shape index (κ1) is 22.3. The van der Waals surface area contributed by atoms with E-state index in [4.69, 9.17) is 4.18 Å². The first-order valence-electron chi connectivity index (χ1n) is 9.08. The third-order valence-electron chi connectivity index (χ3n) is 4.26. The summed E-state index contributed by atoms with van der Waals surface area (Å²) in [5.74, 6) is -0.455. The van der Waals surface area contributed by atoms with Crippen LogP contribution in [0.3, 0.4) is 0 Å². The van der Waals surface area contributed by atoms with E-state index in [0.29, 0.717) is 15.7 Å². The maximum absolute atomic E-state index is 12.5. The minimum atomic E-state index is -3.99. The monoisotopic (exact) mass is 496 g/mol. The van der Waals surface area contributed by atoms with Crippen LogP contribution >= 0.6 is 15.9 Å². The molecule has 0 aliphatic carbocycles. The van der Waals surface area contributed by atoms with Crippen LogP contribution in [0.5, 0.6) is 5.75 Å². The van der Waals surface area contributed by atoms with Crippen LogP contribution in [0.4, 0.5) is 5.69 Å². The summed E-state index contributed by atoms with van der Waals surface area (Å²) in [5, 5.41) is 12.1. The molecule has 0 aromatic heterocycles. The Kier molecular flexibility index (Phi) is 6.90. The lowest BCUT2D eigenvalue weighted by atomic mass is 10.1. The Morgan fingerprint density at radius 1 is 1.06 bits per heavy atom. The van der Waals surface area contributed by atoms with E-state index in [9.17, 15) is 18.5 Å². The van der Waals surface area contributed by atoms with Gasteiger partial charge in [0.15, 0.2) is 5.75 Å². The van der Waals surface area contributed by atoms with Crippen molar-refractivity contribution in [3.05, 3.63) is 94.0 Å². The standard InChI is InChI=1S/C23H17BrN2O4S/c1-16-7-5-6-10-21(16)26-23(27)18(15-25)13-17-11-12-22(20(24)14-17)30-31(28,29)19-8-3-2-4-9-19/h2-14H,1H3,(H,26,27)/b18-13+. The molecule has 8 heteroatoms. The Bertz CT molecular complexity index is 1300. The predicted octanol–water partition coefficient (Wildman–Crippen LogP) is 5.07. The fraction of sp³-hybridized carbons (Fsp3) is 0.0435. The second-order valence-electron chi connectivity index (χ2n) is 6.48. The Morgan fingerprint density at radius 2 is 1.74 bits per heavy atom. The summed E-state index contributed by atoms with van der Waals surface area (Å²) in [6.07, 6.45) is 1.41. The van der Waals surface area contributed by atoms with Crippen LogP contribution in [0.25, 0.3) is 6.08 Å². The number of nitriles is 1. The van der Waals surface area contributed by atoms with E-state index in [1.807, 2.05) is 25.1 Å². The fourth-order valence-electron chi connectivity index (χ4n) is 2.65. The van der Waals surface area contributed by atoms with Gasteiger partial charge in [0.05, 0.1) is 4.47 Å². The Labute approximate surface area is 189 Å². The molecular weight excluding hydrogens is 480 g/mol. The van der Waals surface area contributed by atoms with Crippen LogP contribution in [0.2, 0.25) is 0 Å². The number of hydrogen-bond donors (Lipinski definition) is 1. The number of amides is 1. The molecule has 0 fully saturated rings. The second kappa shape index (κ2) is 9.60. The van der Waals surface area contributed by atoms with Gasteiger partial charge in [-0.3, -0.25) is 4.79 Å². The molecule has 0 saturated carbocycles. The van der Waals surface area contributed by atoms with Gasteiger partial charge in [-0.2, -0.15) is 13.7 Å². The maximum atomic E-state index is 12.5. The zero-order valence-electron chi connectivity index (χ0n) is 16.4. The molecule has 1 amide bonds. The van der Waals surface area contributed by atoms with Crippen molar-refractivity contribution in [2.75, 3.05) is 5.32 Å². The molecule has 3 rings (SSSR count). The van der Waals surface area contributed by atoms with E-state index in [2.05, 4.69) is 21.2 Å². The summed E-state index contributed by atoms with van der Waals surface area (Å²) < 4.78 is 30.4. The molecule has 3 aromatic rings. The van der Waals surface area contributed by atoms with Crippen molar-refractivity contribution in [3.63, 3.8) is 0 Å². The highest BCUT2D eigenvalue weighted by atomic mass is 79.9. The zero-order valence-corrected chi connectivity index (χ0v) is 18.8. The number of nitrogens with zero attached hydrogens (tertiary/aromatic N) is 1. The molecule has 0 atom stereocenters. The van der Waals surface area contributed by atoms with Crippen LogP contribution in [-0.2, 0) is 14.9 Å². The first-order valence-corrected chi connectivity index (χ1v) is 11.3. The molecule has 0 radical (unpaired) electrons. The van der Waals surface area contributed by atoms with E-state index < -0.39 is 16.0 Å². The number of carbonyl (C=O) groups is 1. The topological polar surface area (TPSA) is 96.3 Å². The number of rotatable bonds is 6. The van der Waals surface area contributed by atoms with Gasteiger partial charge in [0.1, 0.15) is 16.5 Å². The van der Waals surface area contributed by atoms with Crippen LogP contribution in [0.15, 0.2) is 87.7 Å². The Morgan fingerprint density at radius 3 is 2.39 bits per heavy atom. The molecule has 0 bridgehead atoms. The van der Waals surface area contributed by atoms with Crippen molar-refractivity contribution >= 4 is 43.7 Å². The van der Waals surface area contributed by atoms with Gasteiger partial charge < -0.3 is 9.50 Å². The van der Waals surface area contributed by atoms with E-state index in [1.165, 1.54) is 24.3 Å². The van der Waals surface area contributed by atoms with Gasteiger partial charge in [-0.1, -0.05) is 42.5 Å². The van der Waals surface area contributed by atoms with Crippen molar-refractivity contribution in [2.45, 2.75) is 11.8 Å². The molecule has 6 nitrogen and oxygen atoms in total. The van der Waals surface area contributed by atoms with Gasteiger partial charge in [0.2, 0.25) is 0 Å². The average Bonchev–Trinajstić information content (AvgIpc) is 2.76. The third kappa shape index (κ3) is 5.60. The second-order valence-corrected chi connectivity index (χ2v) is 8.88. The molecule has 0 aliphatic heterocycles. The lowest BCUT2D eigenvalue weighted by molar-refractivity contribution is -0.112. The van der Waals surface area contributed by atoms with Crippen LogP contribution in [-0.4, -0.2) is 14.3 Å². The number of hydrogen-bond acceptors (Lipinski definition) is 5. The quantitative estimate of drug-likeness (QED) is 0.292. The number of nitrogens with one attached hydrogen (secondary N) is 1. The Hall–Kier alpha value is -3.41. The van der Waals surface area contributed by atoms with E-state index in [-0.39, 0.29) is 16.2 Å². The van der Waals surface area contributed by atoms with Gasteiger partial charge in [-0.15, -0.1) is 0 Å². The third-order valence-corrected chi connectivity index (χ3v) is 6.12. The van der Waals surface area contributed by atoms with E-state index >= 15 is 0 Å². The molecule has 0 spiro atoms. The maximum Gasteiger partial charge on any atom is 0.339 e. The van der Waals surface area contributed by atoms with Crippen LogP contribution < -0.4 is 9.50 Å². The van der Waals surface area contributed by atoms with Gasteiger partial charge >= 0.3 is 10.1 Å². The molecule has 0 unspecified atom stereocenters. The number of para-hydroxylation sites is 1. The molecule has 1 N–H and O–H groups in total. The molecule has 0 saturated heterocycles. The van der Waals surface area contributed by atoms with Gasteiger partial charge in [0, 0.05) is 5.69 Å². The first-order chi connectivity index (χ1) is 14.8. The lowest BCUT2D eigenvalue weighted by Gasteiger charge is -2.10. The molecule has 156 valence electrons. The van der Waals surface area contributed by atoms with Gasteiger partial charge in [-0.05, 0) is 70.4 Å². The number of halogens is 1. The lowest BCUT2D eigenvalue weighted by Crippen LogP contribution is -2.14. The largest absolute Gasteiger partial charge is 0.378 e. The summed E-state index contributed by atoms with van der Waals surface area (Å²) in [6, 6.07) is 21.5. The fourth-order valence-corrected chi connectivity index (χ4v) is 4.20. The van der Waals surface area contributed by atoms with Crippen molar-refractivity contribution in [1.29, 1.82) is 5.26 Å². The van der Waals surface area contributed by atoms with E-state index in [0.717, 1.165) is 5.56 Å². The van der Waals surface area contributed by atoms with Crippen LogP contribution in [0, 0.1) is 18.3 Å². The normalized spacial score (nSPS) is 11.5. The van der Waals surface area contributed by atoms with Crippen molar-refractivity contribution < 1.29 is 17.4 Å². The Balaban J connectivity index is 1.81. The summed E-state index contributed by atoms with van der Waals surface area (Å²) in [5.41, 5.74) is 1.91. The smallest absolute Gasteiger partial charge is 0.339 e. The summed E-state index contributed by atoms with van der Waals surface area (Å²) in [7, 11) is -3.99. The predicted molar refractivity (Wildman–Crippen MR) is 122 cm³/mol. The summed E-state index contributed by atoms with van der Waals surface area (Å²) in [6.45, 7) is 1.85. The van der Waals surface area contributed by atoms with E-state index in [1.54, 1.807) is 42.5 Å². The average molecular weight is 497 g/mol. The van der Waals surface area contributed by atoms with Crippen molar-refractivity contribution in [3.8, 4) is 11.8 Å². The van der Waals surface area contributed by atoms with Crippen molar-refractivity contribution in [2.24, 2.45) is 0 Å². The SMILES string of the molecule is Cc1ccccc1NC(=O)/C(C#N)=C/c1ccc(OS(=O)(=O)c2ccccc2)c(Br)c1. The van der Waals surface area contributed by atoms with Crippen LogP contribution in [0.1, 0.15) is 11.1 Å². The van der Waals surface area contributed by atoms with Gasteiger partial charge in [-0.25, -0.2) is 0 Å². The molecule has 3 aromatic carbocycles. The number of anilines is 1. The molecular formula is C23H17BrN2O4S. The zero-order chi connectivity index (χ0) is 22.4. The summed E-state index contributed by atoms with van der Waals surface area (Å²) in [4.78, 5) is 12.5. The van der Waals surface area contributed by atoms with Crippen molar-refractivity contribution in [1.82, 2.24) is 0 Å². The minimum Gasteiger partial charge on any atom is -0.378 e. The highest BCUT2D eigenvalue weighted by Gasteiger charge is 2.18. The number of carbonyl (C=O) groups excluding carboxylic acids is 1. The minimum absolute atomic E-state index is 0.0329. The number of aryl methyl sites for hydroxylation is 1.